The largest absolute Gasteiger partial charge is 0.381 e. The number of aromatic nitrogens is 3. The zero-order valence-electron chi connectivity index (χ0n) is 15.6. The van der Waals surface area contributed by atoms with E-state index in [2.05, 4.69) is 15.5 Å². The maximum absolute atomic E-state index is 12.6. The van der Waals surface area contributed by atoms with Crippen LogP contribution in [0.2, 0.25) is 0 Å². The number of ether oxygens (including phenoxy) is 1. The smallest absolute Gasteiger partial charge is 0.252 e. The van der Waals surface area contributed by atoms with Gasteiger partial charge in [-0.2, -0.15) is 0 Å². The van der Waals surface area contributed by atoms with Crippen molar-refractivity contribution in [2.24, 2.45) is 5.92 Å². The van der Waals surface area contributed by atoms with Crippen molar-refractivity contribution in [1.29, 1.82) is 0 Å². The first-order valence-corrected chi connectivity index (χ1v) is 9.58. The topological polar surface area (TPSA) is 88.8 Å². The lowest BCUT2D eigenvalue weighted by Crippen LogP contribution is -2.32. The number of likely N-dealkylation sites (tertiary alicyclic amines) is 1. The minimum atomic E-state index is -0.0835. The van der Waals surface area contributed by atoms with Crippen LogP contribution in [0.5, 0.6) is 0 Å². The van der Waals surface area contributed by atoms with E-state index in [1.54, 1.807) is 19.2 Å². The van der Waals surface area contributed by atoms with Gasteiger partial charge < -0.3 is 15.0 Å². The van der Waals surface area contributed by atoms with Crippen molar-refractivity contribution in [1.82, 2.24) is 24.8 Å². The molecule has 144 valence electrons. The molecule has 2 saturated heterocycles. The summed E-state index contributed by atoms with van der Waals surface area (Å²) in [6.45, 7) is 5.19. The summed E-state index contributed by atoms with van der Waals surface area (Å²) in [5.41, 5.74) is 1.31. The van der Waals surface area contributed by atoms with Gasteiger partial charge in [-0.3, -0.25) is 14.0 Å². The minimum absolute atomic E-state index is 0.0829. The van der Waals surface area contributed by atoms with Crippen LogP contribution in [0.4, 0.5) is 0 Å². The van der Waals surface area contributed by atoms with Gasteiger partial charge in [0.05, 0.1) is 5.56 Å². The average Bonchev–Trinajstić information content (AvgIpc) is 3.33. The van der Waals surface area contributed by atoms with E-state index >= 15 is 0 Å². The van der Waals surface area contributed by atoms with Crippen molar-refractivity contribution >= 4 is 17.5 Å². The van der Waals surface area contributed by atoms with Crippen LogP contribution in [-0.4, -0.2) is 64.2 Å². The highest BCUT2D eigenvalue weighted by Crippen LogP contribution is 2.26. The Labute approximate surface area is 157 Å². The number of carbonyl (C=O) groups excluding carboxylic acids is 2. The third-order valence-electron chi connectivity index (χ3n) is 5.58. The summed E-state index contributed by atoms with van der Waals surface area (Å²) >= 11 is 0. The van der Waals surface area contributed by atoms with E-state index in [0.29, 0.717) is 30.2 Å². The van der Waals surface area contributed by atoms with E-state index in [0.717, 1.165) is 44.8 Å². The van der Waals surface area contributed by atoms with Crippen LogP contribution in [0.1, 0.15) is 48.3 Å². The summed E-state index contributed by atoms with van der Waals surface area (Å²) in [7, 11) is 0. The third-order valence-corrected chi connectivity index (χ3v) is 5.58. The Morgan fingerprint density at radius 1 is 1.22 bits per heavy atom. The second kappa shape index (κ2) is 7.64. The van der Waals surface area contributed by atoms with Crippen LogP contribution in [0, 0.1) is 5.92 Å². The fourth-order valence-electron chi connectivity index (χ4n) is 3.87. The van der Waals surface area contributed by atoms with Crippen molar-refractivity contribution in [3.8, 4) is 0 Å². The number of hydrogen-bond acceptors (Lipinski definition) is 5. The molecule has 2 aromatic heterocycles. The summed E-state index contributed by atoms with van der Waals surface area (Å²) in [5.74, 6) is 1.43. The molecule has 1 N–H and O–H groups in total. The van der Waals surface area contributed by atoms with E-state index in [1.807, 2.05) is 15.4 Å². The van der Waals surface area contributed by atoms with E-state index < -0.39 is 0 Å². The molecule has 0 aromatic carbocycles. The standard InChI is InChI=1S/C19H25N5O3/c1-13(25)23-7-4-15(11-23)18-22-21-17-3-2-16(12-24(17)18)19(26)20-10-14-5-8-27-9-6-14/h2-3,12,14-15H,4-11H2,1H3,(H,20,26). The van der Waals surface area contributed by atoms with Gasteiger partial charge in [0.1, 0.15) is 5.82 Å². The molecule has 4 heterocycles. The number of nitrogens with one attached hydrogen (secondary N) is 1. The van der Waals surface area contributed by atoms with Crippen LogP contribution in [0.15, 0.2) is 18.3 Å². The van der Waals surface area contributed by atoms with Gasteiger partial charge in [-0.25, -0.2) is 0 Å². The van der Waals surface area contributed by atoms with E-state index in [-0.39, 0.29) is 17.7 Å². The van der Waals surface area contributed by atoms with Gasteiger partial charge in [-0.15, -0.1) is 10.2 Å². The molecule has 0 radical (unpaired) electrons. The summed E-state index contributed by atoms with van der Waals surface area (Å²) < 4.78 is 7.25. The van der Waals surface area contributed by atoms with Crippen LogP contribution in [-0.2, 0) is 9.53 Å². The molecule has 2 amide bonds. The first-order valence-electron chi connectivity index (χ1n) is 9.58. The van der Waals surface area contributed by atoms with Gasteiger partial charge in [0.15, 0.2) is 5.65 Å². The lowest BCUT2D eigenvalue weighted by atomic mass is 10.0. The first-order chi connectivity index (χ1) is 13.1. The van der Waals surface area contributed by atoms with E-state index in [9.17, 15) is 9.59 Å². The maximum Gasteiger partial charge on any atom is 0.252 e. The van der Waals surface area contributed by atoms with Crippen LogP contribution < -0.4 is 5.32 Å². The van der Waals surface area contributed by atoms with E-state index in [4.69, 9.17) is 4.74 Å². The average molecular weight is 371 g/mol. The number of rotatable bonds is 4. The maximum atomic E-state index is 12.6. The summed E-state index contributed by atoms with van der Waals surface area (Å²) in [6.07, 6.45) is 4.65. The molecule has 0 saturated carbocycles. The number of carbonyl (C=O) groups is 2. The number of pyridine rings is 1. The second-order valence-corrected chi connectivity index (χ2v) is 7.42. The fourth-order valence-corrected chi connectivity index (χ4v) is 3.87. The summed E-state index contributed by atoms with van der Waals surface area (Å²) in [5, 5.41) is 11.6. The zero-order chi connectivity index (χ0) is 18.8. The monoisotopic (exact) mass is 371 g/mol. The van der Waals surface area contributed by atoms with Crippen molar-refractivity contribution in [3.63, 3.8) is 0 Å². The SMILES string of the molecule is CC(=O)N1CCC(c2nnc3ccc(C(=O)NCC4CCOCC4)cn23)C1. The second-order valence-electron chi connectivity index (χ2n) is 7.42. The van der Waals surface area contributed by atoms with Gasteiger partial charge in [-0.1, -0.05) is 0 Å². The predicted octanol–water partition coefficient (Wildman–Crippen LogP) is 1.22. The highest BCUT2D eigenvalue weighted by Gasteiger charge is 2.29. The molecule has 1 atom stereocenters. The number of fused-ring (bicyclic) bond motifs is 1. The molecular weight excluding hydrogens is 346 g/mol. The van der Waals surface area contributed by atoms with Crippen molar-refractivity contribution in [2.75, 3.05) is 32.8 Å². The van der Waals surface area contributed by atoms with Crippen LogP contribution >= 0.6 is 0 Å². The molecular formula is C19H25N5O3. The minimum Gasteiger partial charge on any atom is -0.381 e. The molecule has 1 unspecified atom stereocenters. The van der Waals surface area contributed by atoms with Gasteiger partial charge in [0.2, 0.25) is 5.91 Å². The van der Waals surface area contributed by atoms with Gasteiger partial charge >= 0.3 is 0 Å². The molecule has 8 heteroatoms. The van der Waals surface area contributed by atoms with E-state index in [1.165, 1.54) is 0 Å². The molecule has 2 aliphatic heterocycles. The normalized spacial score (nSPS) is 20.9. The van der Waals surface area contributed by atoms with Crippen LogP contribution in [0.25, 0.3) is 5.65 Å². The quantitative estimate of drug-likeness (QED) is 0.873. The van der Waals surface area contributed by atoms with Crippen molar-refractivity contribution in [2.45, 2.75) is 32.1 Å². The Hall–Kier alpha value is -2.48. The molecule has 4 rings (SSSR count). The Bertz CT molecular complexity index is 843. The molecule has 2 aromatic rings. The first kappa shape index (κ1) is 17.9. The number of nitrogens with zero attached hydrogens (tertiary/aromatic N) is 4. The van der Waals surface area contributed by atoms with Gasteiger partial charge in [-0.05, 0) is 37.3 Å². The number of amides is 2. The lowest BCUT2D eigenvalue weighted by molar-refractivity contribution is -0.127. The van der Waals surface area contributed by atoms with Crippen LogP contribution in [0.3, 0.4) is 0 Å². The van der Waals surface area contributed by atoms with Crippen molar-refractivity contribution in [3.05, 3.63) is 29.7 Å². The third kappa shape index (κ3) is 3.80. The van der Waals surface area contributed by atoms with Crippen molar-refractivity contribution < 1.29 is 14.3 Å². The molecule has 0 aliphatic carbocycles. The fraction of sp³-hybridized carbons (Fsp3) is 0.579. The molecule has 8 nitrogen and oxygen atoms in total. The Kier molecular flexibility index (Phi) is 5.07. The zero-order valence-corrected chi connectivity index (χ0v) is 15.6. The Balaban J connectivity index is 1.48. The molecule has 2 fully saturated rings. The molecule has 2 aliphatic rings. The highest BCUT2D eigenvalue weighted by atomic mass is 16.5. The molecule has 27 heavy (non-hydrogen) atoms. The lowest BCUT2D eigenvalue weighted by Gasteiger charge is -2.22. The predicted molar refractivity (Wildman–Crippen MR) is 98.5 cm³/mol. The molecule has 0 spiro atoms. The van der Waals surface area contributed by atoms with Gasteiger partial charge in [0, 0.05) is 51.9 Å². The Morgan fingerprint density at radius 2 is 2.04 bits per heavy atom. The van der Waals surface area contributed by atoms with Gasteiger partial charge in [0.25, 0.3) is 5.91 Å². The number of hydrogen-bond donors (Lipinski definition) is 1. The highest BCUT2D eigenvalue weighted by molar-refractivity contribution is 5.94. The molecule has 0 bridgehead atoms. The summed E-state index contributed by atoms with van der Waals surface area (Å²) in [6, 6.07) is 3.60. The summed E-state index contributed by atoms with van der Waals surface area (Å²) in [4.78, 5) is 26.0. The Morgan fingerprint density at radius 3 is 2.78 bits per heavy atom.